The summed E-state index contributed by atoms with van der Waals surface area (Å²) in [5.41, 5.74) is 3.17. The summed E-state index contributed by atoms with van der Waals surface area (Å²) < 4.78 is 5.36. The molecule has 1 saturated heterocycles. The molecule has 7 heteroatoms. The molecule has 2 aliphatic heterocycles. The van der Waals surface area contributed by atoms with Gasteiger partial charge in [-0.2, -0.15) is 0 Å². The first-order valence-electron chi connectivity index (χ1n) is 11.3. The number of nitrogens with one attached hydrogen (secondary N) is 1. The fourth-order valence-electron chi connectivity index (χ4n) is 3.84. The van der Waals surface area contributed by atoms with Crippen molar-refractivity contribution in [2.75, 3.05) is 18.6 Å². The molecule has 0 aromatic heterocycles. The highest BCUT2D eigenvalue weighted by atomic mass is 32.2. The van der Waals surface area contributed by atoms with Crippen LogP contribution in [-0.4, -0.2) is 35.9 Å². The highest BCUT2D eigenvalue weighted by Crippen LogP contribution is 2.34. The Kier molecular flexibility index (Phi) is 7.18. The van der Waals surface area contributed by atoms with Crippen molar-refractivity contribution >= 4 is 40.5 Å². The average Bonchev–Trinajstić information content (AvgIpc) is 2.97. The molecule has 6 nitrogen and oxygen atoms in total. The van der Waals surface area contributed by atoms with Gasteiger partial charge >= 0.3 is 0 Å². The van der Waals surface area contributed by atoms with Gasteiger partial charge in [0, 0.05) is 12.6 Å². The van der Waals surface area contributed by atoms with Gasteiger partial charge in [-0.15, -0.1) is 0 Å². The van der Waals surface area contributed by atoms with Crippen LogP contribution in [0.5, 0.6) is 5.75 Å². The van der Waals surface area contributed by atoms with Gasteiger partial charge in [0.1, 0.15) is 11.4 Å². The minimum Gasteiger partial charge on any atom is -0.497 e. The van der Waals surface area contributed by atoms with E-state index < -0.39 is 0 Å². The summed E-state index contributed by atoms with van der Waals surface area (Å²) >= 11 is 1.35. The van der Waals surface area contributed by atoms with Crippen LogP contribution in [0, 0.1) is 0 Å². The Labute approximate surface area is 199 Å². The summed E-state index contributed by atoms with van der Waals surface area (Å²) in [5.74, 6) is 0.876. The van der Waals surface area contributed by atoms with Crippen molar-refractivity contribution in [1.82, 2.24) is 5.32 Å². The van der Waals surface area contributed by atoms with Gasteiger partial charge in [-0.05, 0) is 48.1 Å². The maximum absolute atomic E-state index is 13.5. The summed E-state index contributed by atoms with van der Waals surface area (Å²) in [6.07, 6.45) is 4.48. The average molecular weight is 464 g/mol. The second-order valence-corrected chi connectivity index (χ2v) is 9.65. The van der Waals surface area contributed by atoms with Gasteiger partial charge in [0.2, 0.25) is 5.91 Å². The van der Waals surface area contributed by atoms with Crippen molar-refractivity contribution in [3.8, 4) is 5.75 Å². The first-order chi connectivity index (χ1) is 16.0. The molecule has 2 aliphatic rings. The number of rotatable bonds is 5. The number of nitrogens with zero attached hydrogens (tertiary/aromatic N) is 2. The van der Waals surface area contributed by atoms with Crippen LogP contribution in [0.25, 0.3) is 6.08 Å². The van der Waals surface area contributed by atoms with E-state index >= 15 is 0 Å². The Morgan fingerprint density at radius 3 is 2.67 bits per heavy atom. The third-order valence-electron chi connectivity index (χ3n) is 5.78. The SMILES string of the molecule is COc1cccc(N2C(=O)/C(=C/c3ccc(C(C)C)cc3)N=C2SC2CCCCNC2=O)c1. The molecule has 2 amide bonds. The number of amidine groups is 1. The zero-order valence-corrected chi connectivity index (χ0v) is 20.0. The van der Waals surface area contributed by atoms with E-state index in [4.69, 9.17) is 9.73 Å². The molecule has 0 radical (unpaired) electrons. The zero-order chi connectivity index (χ0) is 23.4. The summed E-state index contributed by atoms with van der Waals surface area (Å²) in [6, 6.07) is 15.5. The molecule has 1 unspecified atom stereocenters. The van der Waals surface area contributed by atoms with E-state index in [-0.39, 0.29) is 17.1 Å². The number of aliphatic imine (C=N–C) groups is 1. The van der Waals surface area contributed by atoms with Gasteiger partial charge in [-0.3, -0.25) is 14.5 Å². The normalized spacial score (nSPS) is 20.1. The molecular weight excluding hydrogens is 434 g/mol. The summed E-state index contributed by atoms with van der Waals surface area (Å²) in [6.45, 7) is 4.99. The van der Waals surface area contributed by atoms with Crippen molar-refractivity contribution in [3.05, 3.63) is 65.4 Å². The van der Waals surface area contributed by atoms with Crippen LogP contribution >= 0.6 is 11.8 Å². The minimum atomic E-state index is -0.281. The number of methoxy groups -OCH3 is 1. The van der Waals surface area contributed by atoms with Crippen molar-refractivity contribution in [2.24, 2.45) is 4.99 Å². The second kappa shape index (κ2) is 10.3. The largest absolute Gasteiger partial charge is 0.497 e. The predicted octanol–water partition coefficient (Wildman–Crippen LogP) is 4.96. The van der Waals surface area contributed by atoms with Crippen molar-refractivity contribution < 1.29 is 14.3 Å². The minimum absolute atomic E-state index is 0.0000509. The highest BCUT2D eigenvalue weighted by molar-refractivity contribution is 8.15. The summed E-state index contributed by atoms with van der Waals surface area (Å²) in [4.78, 5) is 32.3. The van der Waals surface area contributed by atoms with Crippen LogP contribution < -0.4 is 15.0 Å². The van der Waals surface area contributed by atoms with Gasteiger partial charge in [0.05, 0.1) is 18.0 Å². The highest BCUT2D eigenvalue weighted by Gasteiger charge is 2.35. The van der Waals surface area contributed by atoms with Crippen molar-refractivity contribution in [3.63, 3.8) is 0 Å². The van der Waals surface area contributed by atoms with E-state index in [0.29, 0.717) is 34.8 Å². The van der Waals surface area contributed by atoms with Crippen LogP contribution in [0.4, 0.5) is 5.69 Å². The Bertz CT molecular complexity index is 1090. The lowest BCUT2D eigenvalue weighted by molar-refractivity contribution is -0.120. The smallest absolute Gasteiger partial charge is 0.283 e. The monoisotopic (exact) mass is 463 g/mol. The van der Waals surface area contributed by atoms with Crippen LogP contribution in [0.2, 0.25) is 0 Å². The molecule has 2 aromatic rings. The third-order valence-corrected chi connectivity index (χ3v) is 7.00. The van der Waals surface area contributed by atoms with Gasteiger partial charge in [0.25, 0.3) is 5.91 Å². The number of ether oxygens (including phenoxy) is 1. The third kappa shape index (κ3) is 5.30. The molecule has 172 valence electrons. The quantitative estimate of drug-likeness (QED) is 0.636. The lowest BCUT2D eigenvalue weighted by Crippen LogP contribution is -2.35. The number of hydrogen-bond donors (Lipinski definition) is 1. The van der Waals surface area contributed by atoms with E-state index in [0.717, 1.165) is 24.8 Å². The van der Waals surface area contributed by atoms with E-state index in [2.05, 4.69) is 31.3 Å². The molecule has 4 rings (SSSR count). The molecule has 0 bridgehead atoms. The number of carbonyl (C=O) groups excluding carboxylic acids is 2. The first kappa shape index (κ1) is 23.1. The molecule has 33 heavy (non-hydrogen) atoms. The molecule has 1 N–H and O–H groups in total. The first-order valence-corrected chi connectivity index (χ1v) is 12.2. The Morgan fingerprint density at radius 2 is 1.94 bits per heavy atom. The van der Waals surface area contributed by atoms with Crippen LogP contribution in [0.3, 0.4) is 0 Å². The van der Waals surface area contributed by atoms with E-state index in [1.807, 2.05) is 36.4 Å². The maximum Gasteiger partial charge on any atom is 0.283 e. The van der Waals surface area contributed by atoms with Crippen LogP contribution in [0.1, 0.15) is 50.2 Å². The molecule has 2 heterocycles. The molecule has 2 aromatic carbocycles. The number of hydrogen-bond acceptors (Lipinski definition) is 5. The van der Waals surface area contributed by atoms with Crippen molar-refractivity contribution in [2.45, 2.75) is 44.3 Å². The topological polar surface area (TPSA) is 71.0 Å². The molecule has 0 spiro atoms. The molecule has 0 aliphatic carbocycles. The Hall–Kier alpha value is -3.06. The lowest BCUT2D eigenvalue weighted by Gasteiger charge is -2.21. The number of amides is 2. The molecule has 1 atom stereocenters. The van der Waals surface area contributed by atoms with Gasteiger partial charge in [0.15, 0.2) is 5.17 Å². The van der Waals surface area contributed by atoms with Crippen molar-refractivity contribution in [1.29, 1.82) is 0 Å². The number of thioether (sulfide) groups is 1. The number of benzene rings is 2. The van der Waals surface area contributed by atoms with Crippen LogP contribution in [-0.2, 0) is 9.59 Å². The van der Waals surface area contributed by atoms with E-state index in [1.165, 1.54) is 17.3 Å². The maximum atomic E-state index is 13.5. The predicted molar refractivity (Wildman–Crippen MR) is 135 cm³/mol. The van der Waals surface area contributed by atoms with Gasteiger partial charge in [-0.25, -0.2) is 4.99 Å². The van der Waals surface area contributed by atoms with Crippen LogP contribution in [0.15, 0.2) is 59.2 Å². The standard InChI is InChI=1S/C26H29N3O3S/c1-17(2)19-12-10-18(11-13-19)15-22-25(31)29(20-7-6-8-21(16-20)32-3)26(28-22)33-23-9-4-5-14-27-24(23)30/h6-8,10-13,15-17,23H,4-5,9,14H2,1-3H3,(H,27,30)/b22-15-. The molecule has 0 saturated carbocycles. The lowest BCUT2D eigenvalue weighted by atomic mass is 10.0. The van der Waals surface area contributed by atoms with E-state index in [1.54, 1.807) is 18.1 Å². The Balaban J connectivity index is 1.69. The second-order valence-electron chi connectivity index (χ2n) is 8.48. The number of anilines is 1. The Morgan fingerprint density at radius 1 is 1.15 bits per heavy atom. The van der Waals surface area contributed by atoms with Gasteiger partial charge < -0.3 is 10.1 Å². The summed E-state index contributed by atoms with van der Waals surface area (Å²) in [5, 5.41) is 3.20. The number of carbonyl (C=O) groups is 2. The summed E-state index contributed by atoms with van der Waals surface area (Å²) in [7, 11) is 1.59. The van der Waals surface area contributed by atoms with Gasteiger partial charge in [-0.1, -0.05) is 62.4 Å². The fourth-order valence-corrected chi connectivity index (χ4v) is 5.01. The zero-order valence-electron chi connectivity index (χ0n) is 19.2. The fraction of sp³-hybridized carbons (Fsp3) is 0.346. The molecular formula is C26H29N3O3S. The molecule has 1 fully saturated rings. The van der Waals surface area contributed by atoms with E-state index in [9.17, 15) is 9.59 Å².